The lowest BCUT2D eigenvalue weighted by Gasteiger charge is -2.34. The summed E-state index contributed by atoms with van der Waals surface area (Å²) in [6, 6.07) is 22.2. The van der Waals surface area contributed by atoms with E-state index in [4.69, 9.17) is 0 Å². The Kier molecular flexibility index (Phi) is 6.05. The summed E-state index contributed by atoms with van der Waals surface area (Å²) < 4.78 is 39.9. The Balaban J connectivity index is 2.01. The SMILES string of the molecule is CC(C)(C)N1C(=O)/C(=C\c2ccccc2)[C@](Nc2ccccc2)(c2ccc(C(F)(F)F)cc2)C1=O. The van der Waals surface area contributed by atoms with Crippen LogP contribution in [0.1, 0.15) is 37.5 Å². The van der Waals surface area contributed by atoms with E-state index in [-0.39, 0.29) is 11.1 Å². The molecule has 0 spiro atoms. The van der Waals surface area contributed by atoms with Crippen molar-refractivity contribution in [2.75, 3.05) is 5.32 Å². The monoisotopic (exact) mass is 478 g/mol. The predicted octanol–water partition coefficient (Wildman–Crippen LogP) is 6.26. The van der Waals surface area contributed by atoms with E-state index >= 15 is 0 Å². The fourth-order valence-electron chi connectivity index (χ4n) is 4.27. The summed E-state index contributed by atoms with van der Waals surface area (Å²) in [5, 5.41) is 3.22. The standard InChI is InChI=1S/C28H25F3N2O2/c1-26(2,3)33-24(34)23(18-19-10-6-4-7-11-19)27(25(33)35,32-22-12-8-5-9-13-22)20-14-16-21(17-15-20)28(29,30)31/h4-18,32H,1-3H3/b23-18+/t27-/m1/s1. The number of benzene rings is 3. The maximum atomic E-state index is 14.2. The molecule has 7 heteroatoms. The van der Waals surface area contributed by atoms with Crippen molar-refractivity contribution in [2.45, 2.75) is 38.0 Å². The number of carbonyl (C=O) groups excluding carboxylic acids is 2. The minimum Gasteiger partial charge on any atom is -0.364 e. The number of rotatable bonds is 4. The van der Waals surface area contributed by atoms with Gasteiger partial charge in [0.05, 0.1) is 11.1 Å². The average molecular weight is 479 g/mol. The van der Waals surface area contributed by atoms with E-state index in [9.17, 15) is 22.8 Å². The highest BCUT2D eigenvalue weighted by Gasteiger charge is 2.59. The van der Waals surface area contributed by atoms with Gasteiger partial charge in [-0.1, -0.05) is 60.7 Å². The fraction of sp³-hybridized carbons (Fsp3) is 0.214. The normalized spacial score (nSPS) is 19.9. The number of anilines is 1. The first-order valence-electron chi connectivity index (χ1n) is 11.1. The number of imide groups is 1. The number of likely N-dealkylation sites (tertiary alicyclic amines) is 1. The van der Waals surface area contributed by atoms with Crippen molar-refractivity contribution in [2.24, 2.45) is 0 Å². The maximum Gasteiger partial charge on any atom is 0.416 e. The number of nitrogens with one attached hydrogen (secondary N) is 1. The van der Waals surface area contributed by atoms with E-state index in [0.29, 0.717) is 11.3 Å². The van der Waals surface area contributed by atoms with E-state index in [2.05, 4.69) is 5.32 Å². The van der Waals surface area contributed by atoms with Crippen molar-refractivity contribution in [1.82, 2.24) is 4.90 Å². The van der Waals surface area contributed by atoms with Gasteiger partial charge in [-0.2, -0.15) is 13.2 Å². The Morgan fingerprint density at radius 3 is 1.86 bits per heavy atom. The van der Waals surface area contributed by atoms with Gasteiger partial charge in [0.25, 0.3) is 11.8 Å². The molecule has 2 amide bonds. The Morgan fingerprint density at radius 2 is 1.34 bits per heavy atom. The van der Waals surface area contributed by atoms with Gasteiger partial charge in [0.1, 0.15) is 0 Å². The van der Waals surface area contributed by atoms with Crippen LogP contribution < -0.4 is 5.32 Å². The molecule has 35 heavy (non-hydrogen) atoms. The molecule has 4 nitrogen and oxygen atoms in total. The molecule has 0 radical (unpaired) electrons. The van der Waals surface area contributed by atoms with Crippen molar-refractivity contribution in [3.63, 3.8) is 0 Å². The first kappa shape index (κ1) is 24.3. The minimum atomic E-state index is -4.53. The molecule has 0 unspecified atom stereocenters. The highest BCUT2D eigenvalue weighted by atomic mass is 19.4. The molecule has 1 heterocycles. The van der Waals surface area contributed by atoms with Crippen LogP contribution in [0.25, 0.3) is 6.08 Å². The molecule has 0 aliphatic carbocycles. The summed E-state index contributed by atoms with van der Waals surface area (Å²) in [5.41, 5.74) is -1.83. The number of hydrogen-bond donors (Lipinski definition) is 1. The third-order valence-corrected chi connectivity index (χ3v) is 5.89. The molecule has 180 valence electrons. The van der Waals surface area contributed by atoms with Crippen LogP contribution >= 0.6 is 0 Å². The van der Waals surface area contributed by atoms with E-state index in [1.54, 1.807) is 81.4 Å². The van der Waals surface area contributed by atoms with Crippen LogP contribution in [0.3, 0.4) is 0 Å². The molecule has 3 aromatic rings. The average Bonchev–Trinajstić information content (AvgIpc) is 3.01. The van der Waals surface area contributed by atoms with Gasteiger partial charge < -0.3 is 5.32 Å². The molecule has 1 N–H and O–H groups in total. The van der Waals surface area contributed by atoms with Gasteiger partial charge in [-0.3, -0.25) is 14.5 Å². The first-order chi connectivity index (χ1) is 16.4. The third-order valence-electron chi connectivity index (χ3n) is 5.89. The Morgan fingerprint density at radius 1 is 0.800 bits per heavy atom. The topological polar surface area (TPSA) is 49.4 Å². The summed E-state index contributed by atoms with van der Waals surface area (Å²) in [6.45, 7) is 5.23. The lowest BCUT2D eigenvalue weighted by Crippen LogP contribution is -2.50. The zero-order valence-electron chi connectivity index (χ0n) is 19.6. The molecule has 1 saturated heterocycles. The van der Waals surface area contributed by atoms with Crippen LogP contribution in [0.4, 0.5) is 18.9 Å². The Labute approximate surface area is 202 Å². The van der Waals surface area contributed by atoms with Crippen LogP contribution in [-0.4, -0.2) is 22.3 Å². The largest absolute Gasteiger partial charge is 0.416 e. The fourth-order valence-corrected chi connectivity index (χ4v) is 4.27. The second kappa shape index (κ2) is 8.73. The maximum absolute atomic E-state index is 14.2. The van der Waals surface area contributed by atoms with Crippen LogP contribution in [0.15, 0.2) is 90.5 Å². The lowest BCUT2D eigenvalue weighted by atomic mass is 9.82. The molecule has 1 aliphatic rings. The zero-order chi connectivity index (χ0) is 25.4. The van der Waals surface area contributed by atoms with Crippen molar-refractivity contribution < 1.29 is 22.8 Å². The molecular weight excluding hydrogens is 453 g/mol. The molecular formula is C28H25F3N2O2. The zero-order valence-corrected chi connectivity index (χ0v) is 19.6. The number of halogens is 3. The molecule has 1 aliphatic heterocycles. The van der Waals surface area contributed by atoms with Gasteiger partial charge in [0.2, 0.25) is 0 Å². The molecule has 0 saturated carbocycles. The van der Waals surface area contributed by atoms with Crippen LogP contribution in [0, 0.1) is 0 Å². The van der Waals surface area contributed by atoms with Crippen LogP contribution in [0.5, 0.6) is 0 Å². The van der Waals surface area contributed by atoms with Gasteiger partial charge in [-0.15, -0.1) is 0 Å². The Hall–Kier alpha value is -3.87. The highest BCUT2D eigenvalue weighted by molar-refractivity contribution is 6.23. The summed E-state index contributed by atoms with van der Waals surface area (Å²) in [7, 11) is 0. The second-order valence-corrected chi connectivity index (χ2v) is 9.40. The summed E-state index contributed by atoms with van der Waals surface area (Å²) in [5.74, 6) is -1.06. The molecule has 1 atom stereocenters. The highest BCUT2D eigenvalue weighted by Crippen LogP contribution is 2.45. The third kappa shape index (κ3) is 4.46. The summed E-state index contributed by atoms with van der Waals surface area (Å²) in [4.78, 5) is 29.1. The van der Waals surface area contributed by atoms with Gasteiger partial charge in [-0.25, -0.2) is 0 Å². The second-order valence-electron chi connectivity index (χ2n) is 9.40. The number of carbonyl (C=O) groups is 2. The quantitative estimate of drug-likeness (QED) is 0.356. The summed E-state index contributed by atoms with van der Waals surface area (Å²) >= 11 is 0. The van der Waals surface area contributed by atoms with Crippen LogP contribution in [-0.2, 0) is 21.3 Å². The number of alkyl halides is 3. The number of hydrogen-bond acceptors (Lipinski definition) is 3. The number of para-hydroxylation sites is 1. The van der Waals surface area contributed by atoms with Crippen LogP contribution in [0.2, 0.25) is 0 Å². The van der Waals surface area contributed by atoms with Crippen molar-refractivity contribution >= 4 is 23.6 Å². The van der Waals surface area contributed by atoms with Gasteiger partial charge in [0.15, 0.2) is 5.54 Å². The minimum absolute atomic E-state index is 0.132. The van der Waals surface area contributed by atoms with Crippen molar-refractivity contribution in [1.29, 1.82) is 0 Å². The summed E-state index contributed by atoms with van der Waals surface area (Å²) in [6.07, 6.45) is -2.91. The Bertz CT molecular complexity index is 1260. The molecule has 1 fully saturated rings. The molecule has 0 aromatic heterocycles. The lowest BCUT2D eigenvalue weighted by molar-refractivity contribution is -0.144. The van der Waals surface area contributed by atoms with Crippen molar-refractivity contribution in [3.05, 3.63) is 107 Å². The van der Waals surface area contributed by atoms with Gasteiger partial charge >= 0.3 is 6.18 Å². The van der Waals surface area contributed by atoms with E-state index in [0.717, 1.165) is 12.1 Å². The van der Waals surface area contributed by atoms with E-state index in [1.807, 2.05) is 6.07 Å². The smallest absolute Gasteiger partial charge is 0.364 e. The molecule has 0 bridgehead atoms. The first-order valence-corrected chi connectivity index (χ1v) is 11.1. The van der Waals surface area contributed by atoms with Gasteiger partial charge in [-0.05, 0) is 62.2 Å². The number of nitrogens with zero attached hydrogens (tertiary/aromatic N) is 1. The predicted molar refractivity (Wildman–Crippen MR) is 129 cm³/mol. The van der Waals surface area contributed by atoms with E-state index in [1.165, 1.54) is 17.0 Å². The van der Waals surface area contributed by atoms with Crippen molar-refractivity contribution in [3.8, 4) is 0 Å². The number of amides is 2. The van der Waals surface area contributed by atoms with E-state index < -0.39 is 34.6 Å². The molecule has 3 aromatic carbocycles. The molecule has 4 rings (SSSR count). The van der Waals surface area contributed by atoms with Gasteiger partial charge in [0, 0.05) is 11.2 Å².